The summed E-state index contributed by atoms with van der Waals surface area (Å²) >= 11 is 0. The van der Waals surface area contributed by atoms with E-state index in [0.29, 0.717) is 13.0 Å². The number of benzene rings is 1. The van der Waals surface area contributed by atoms with E-state index in [4.69, 9.17) is 5.73 Å². The van der Waals surface area contributed by atoms with Crippen LogP contribution in [0.15, 0.2) is 30.3 Å². The van der Waals surface area contributed by atoms with Crippen LogP contribution in [-0.4, -0.2) is 55.0 Å². The minimum absolute atomic E-state index is 0. The highest BCUT2D eigenvalue weighted by Gasteiger charge is 2.20. The van der Waals surface area contributed by atoms with Gasteiger partial charge in [-0.1, -0.05) is 30.3 Å². The second-order valence-corrected chi connectivity index (χ2v) is 5.35. The van der Waals surface area contributed by atoms with Gasteiger partial charge in [-0.05, 0) is 24.9 Å². The second-order valence-electron chi connectivity index (χ2n) is 5.35. The molecule has 22 heavy (non-hydrogen) atoms. The first-order valence-corrected chi connectivity index (χ1v) is 7.53. The van der Waals surface area contributed by atoms with Crippen LogP contribution in [0.5, 0.6) is 0 Å². The Labute approximate surface area is 145 Å². The fourth-order valence-corrected chi connectivity index (χ4v) is 2.56. The van der Waals surface area contributed by atoms with Gasteiger partial charge in [0.1, 0.15) is 0 Å². The lowest BCUT2D eigenvalue weighted by molar-refractivity contribution is -0.133. The van der Waals surface area contributed by atoms with E-state index in [-0.39, 0.29) is 30.7 Å². The molecular formula is C16H27Cl2N3O. The van der Waals surface area contributed by atoms with Gasteiger partial charge in [0.05, 0.1) is 0 Å². The molecule has 1 amide bonds. The summed E-state index contributed by atoms with van der Waals surface area (Å²) in [5.74, 6) is 0.262. The highest BCUT2D eigenvalue weighted by atomic mass is 35.5. The van der Waals surface area contributed by atoms with Gasteiger partial charge in [-0.3, -0.25) is 9.69 Å². The van der Waals surface area contributed by atoms with Crippen molar-refractivity contribution < 1.29 is 4.79 Å². The standard InChI is InChI=1S/C16H25N3O.2ClH/c17-9-4-7-16(20)19-13-11-18(12-14-19)10-8-15-5-2-1-3-6-15;;/h1-3,5-6H,4,7-14,17H2;2*1H. The number of carbonyl (C=O) groups excluding carboxylic acids is 1. The van der Waals surface area contributed by atoms with E-state index in [9.17, 15) is 4.79 Å². The first kappa shape index (κ1) is 21.2. The van der Waals surface area contributed by atoms with E-state index >= 15 is 0 Å². The molecule has 0 unspecified atom stereocenters. The highest BCUT2D eigenvalue weighted by Crippen LogP contribution is 2.07. The van der Waals surface area contributed by atoms with E-state index in [2.05, 4.69) is 35.2 Å². The topological polar surface area (TPSA) is 49.6 Å². The normalized spacial score (nSPS) is 14.9. The van der Waals surface area contributed by atoms with Crippen LogP contribution in [0.2, 0.25) is 0 Å². The molecule has 0 bridgehead atoms. The van der Waals surface area contributed by atoms with Crippen LogP contribution in [0.1, 0.15) is 18.4 Å². The van der Waals surface area contributed by atoms with E-state index in [1.54, 1.807) is 0 Å². The molecule has 1 aromatic carbocycles. The Morgan fingerprint density at radius 1 is 1.05 bits per heavy atom. The van der Waals surface area contributed by atoms with Crippen molar-refractivity contribution >= 4 is 30.7 Å². The number of nitrogens with two attached hydrogens (primary N) is 1. The minimum Gasteiger partial charge on any atom is -0.340 e. The van der Waals surface area contributed by atoms with Crippen LogP contribution in [0.25, 0.3) is 0 Å². The molecule has 1 saturated heterocycles. The van der Waals surface area contributed by atoms with E-state index < -0.39 is 0 Å². The van der Waals surface area contributed by atoms with Crippen LogP contribution >= 0.6 is 24.8 Å². The molecular weight excluding hydrogens is 321 g/mol. The van der Waals surface area contributed by atoms with Gasteiger partial charge in [0, 0.05) is 39.1 Å². The van der Waals surface area contributed by atoms with Crippen molar-refractivity contribution in [2.75, 3.05) is 39.3 Å². The lowest BCUT2D eigenvalue weighted by Crippen LogP contribution is -2.49. The number of halogens is 2. The maximum atomic E-state index is 11.9. The summed E-state index contributed by atoms with van der Waals surface area (Å²) in [7, 11) is 0. The van der Waals surface area contributed by atoms with Gasteiger partial charge < -0.3 is 10.6 Å². The Morgan fingerprint density at radius 3 is 2.27 bits per heavy atom. The molecule has 1 heterocycles. The molecule has 1 aliphatic rings. The van der Waals surface area contributed by atoms with Crippen LogP contribution in [0, 0.1) is 0 Å². The smallest absolute Gasteiger partial charge is 0.222 e. The van der Waals surface area contributed by atoms with Crippen LogP contribution in [-0.2, 0) is 11.2 Å². The summed E-state index contributed by atoms with van der Waals surface area (Å²) in [5.41, 5.74) is 6.83. The predicted octanol–water partition coefficient (Wildman–Crippen LogP) is 1.96. The molecule has 1 aliphatic heterocycles. The van der Waals surface area contributed by atoms with E-state index in [1.807, 2.05) is 4.90 Å². The minimum atomic E-state index is 0. The van der Waals surface area contributed by atoms with Gasteiger partial charge in [0.15, 0.2) is 0 Å². The largest absolute Gasteiger partial charge is 0.340 e. The van der Waals surface area contributed by atoms with Crippen molar-refractivity contribution in [1.82, 2.24) is 9.80 Å². The first-order chi connectivity index (χ1) is 9.79. The van der Waals surface area contributed by atoms with Crippen LogP contribution in [0.4, 0.5) is 0 Å². The van der Waals surface area contributed by atoms with Gasteiger partial charge >= 0.3 is 0 Å². The number of amides is 1. The number of carbonyl (C=O) groups is 1. The Kier molecular flexibility index (Phi) is 11.3. The van der Waals surface area contributed by atoms with Crippen molar-refractivity contribution in [3.8, 4) is 0 Å². The summed E-state index contributed by atoms with van der Waals surface area (Å²) in [6.45, 7) is 5.37. The quantitative estimate of drug-likeness (QED) is 0.855. The summed E-state index contributed by atoms with van der Waals surface area (Å²) in [6, 6.07) is 10.6. The molecule has 1 aromatic rings. The van der Waals surface area contributed by atoms with Crippen molar-refractivity contribution in [3.63, 3.8) is 0 Å². The zero-order chi connectivity index (χ0) is 14.2. The third kappa shape index (κ3) is 6.97. The number of nitrogens with zero attached hydrogens (tertiary/aromatic N) is 2. The van der Waals surface area contributed by atoms with Gasteiger partial charge in [0.25, 0.3) is 0 Å². The summed E-state index contributed by atoms with van der Waals surface area (Å²) in [4.78, 5) is 16.3. The van der Waals surface area contributed by atoms with Crippen molar-refractivity contribution in [2.45, 2.75) is 19.3 Å². The van der Waals surface area contributed by atoms with Gasteiger partial charge in [-0.2, -0.15) is 0 Å². The van der Waals surface area contributed by atoms with Gasteiger partial charge in [-0.25, -0.2) is 0 Å². The fraction of sp³-hybridized carbons (Fsp3) is 0.562. The zero-order valence-corrected chi connectivity index (χ0v) is 14.6. The molecule has 0 aromatic heterocycles. The average Bonchev–Trinajstić information content (AvgIpc) is 2.52. The van der Waals surface area contributed by atoms with Crippen LogP contribution in [0.3, 0.4) is 0 Å². The predicted molar refractivity (Wildman–Crippen MR) is 96.0 cm³/mol. The number of hydrogen-bond acceptors (Lipinski definition) is 3. The summed E-state index contributed by atoms with van der Waals surface area (Å²) < 4.78 is 0. The van der Waals surface area contributed by atoms with Crippen molar-refractivity contribution in [1.29, 1.82) is 0 Å². The Morgan fingerprint density at radius 2 is 1.68 bits per heavy atom. The van der Waals surface area contributed by atoms with Gasteiger partial charge in [-0.15, -0.1) is 24.8 Å². The lowest BCUT2D eigenvalue weighted by atomic mass is 10.1. The molecule has 0 aliphatic carbocycles. The molecule has 6 heteroatoms. The second kappa shape index (κ2) is 11.7. The maximum absolute atomic E-state index is 11.9. The number of hydrogen-bond donors (Lipinski definition) is 1. The van der Waals surface area contributed by atoms with Crippen molar-refractivity contribution in [3.05, 3.63) is 35.9 Å². The van der Waals surface area contributed by atoms with Crippen molar-refractivity contribution in [2.24, 2.45) is 5.73 Å². The zero-order valence-electron chi connectivity index (χ0n) is 12.9. The maximum Gasteiger partial charge on any atom is 0.222 e. The molecule has 4 nitrogen and oxygen atoms in total. The molecule has 126 valence electrons. The average molecular weight is 348 g/mol. The van der Waals surface area contributed by atoms with Crippen LogP contribution < -0.4 is 5.73 Å². The third-order valence-corrected chi connectivity index (χ3v) is 3.88. The summed E-state index contributed by atoms with van der Waals surface area (Å²) in [5, 5.41) is 0. The Balaban J connectivity index is 0.00000220. The Bertz CT molecular complexity index is 409. The SMILES string of the molecule is Cl.Cl.NCCCC(=O)N1CCN(CCc2ccccc2)CC1. The number of piperazine rings is 1. The molecule has 1 fully saturated rings. The summed E-state index contributed by atoms with van der Waals surface area (Å²) in [6.07, 6.45) is 2.48. The fourth-order valence-electron chi connectivity index (χ4n) is 2.56. The molecule has 0 atom stereocenters. The first-order valence-electron chi connectivity index (χ1n) is 7.53. The third-order valence-electron chi connectivity index (χ3n) is 3.88. The molecule has 0 radical (unpaired) electrons. The van der Waals surface area contributed by atoms with E-state index in [0.717, 1.165) is 45.6 Å². The number of rotatable bonds is 6. The van der Waals surface area contributed by atoms with E-state index in [1.165, 1.54) is 5.56 Å². The monoisotopic (exact) mass is 347 g/mol. The molecule has 0 saturated carbocycles. The molecule has 2 N–H and O–H groups in total. The molecule has 0 spiro atoms. The molecule has 2 rings (SSSR count). The lowest BCUT2D eigenvalue weighted by Gasteiger charge is -2.34. The Hall–Kier alpha value is -0.810. The van der Waals surface area contributed by atoms with Gasteiger partial charge in [0.2, 0.25) is 5.91 Å². The highest BCUT2D eigenvalue weighted by molar-refractivity contribution is 5.85.